The number of para-hydroxylation sites is 1. The lowest BCUT2D eigenvalue weighted by atomic mass is 10.1. The van der Waals surface area contributed by atoms with Gasteiger partial charge in [0.15, 0.2) is 14.6 Å². The number of hydrogen-bond donors (Lipinski definition) is 9. The summed E-state index contributed by atoms with van der Waals surface area (Å²) < 4.78 is 559. The summed E-state index contributed by atoms with van der Waals surface area (Å²) in [6.07, 6.45) is -10.1. The fraction of sp³-hybridized carbons (Fsp3) is 0.464. The van der Waals surface area contributed by atoms with Crippen LogP contribution in [0.25, 0.3) is 0 Å². The lowest BCUT2D eigenvalue weighted by molar-refractivity contribution is -0.299. The summed E-state index contributed by atoms with van der Waals surface area (Å²) in [5, 5.41) is 0. The van der Waals surface area contributed by atoms with Gasteiger partial charge in [-0.05, 0) is 19.1 Å². The Morgan fingerprint density at radius 2 is 0.793 bits per heavy atom. The summed E-state index contributed by atoms with van der Waals surface area (Å²) >= 11 is 0. The molecule has 0 bridgehead atoms. The minimum absolute atomic E-state index is 0.0972. The highest BCUT2D eigenvalue weighted by Gasteiger charge is 2.60. The Bertz CT molecular complexity index is 4470. The van der Waals surface area contributed by atoms with Crippen molar-refractivity contribution in [2.45, 2.75) is 25.4 Å². The lowest BCUT2D eigenvalue weighted by Gasteiger charge is -2.23. The molecule has 41 nitrogen and oxygen atoms in total. The van der Waals surface area contributed by atoms with Crippen LogP contribution in [0.2, 0.25) is 0 Å². The SMILES string of the molecule is C=C1C=CC(OS(=O)(=O)NP(=O)(F)F)=C[CH-]1.C=CCOS(=O)(=O)NP(=O)(F)F.CCOS(=O)(=O)NP(=O)(F)F.COP(=O)(F)NS(=O)(=O)F.COP(=O)(NP(=O)(F)F)OC.CP(C)(=O)NP(=O)(F)F.CP(C)(=O)NS(=O)(=O)OC(C(F)(F)F)C(F)(F)F.O=P(F)(F)NP(=O)(F)F.O=P(F)(F)NS(=O)(=O)Oc1ccccc1. The smallest absolute Gasteiger partial charge is 0.419 e. The summed E-state index contributed by atoms with van der Waals surface area (Å²) in [7, 11) is -89.2. The molecular weight excluding hydrogens is 1990 g/mol. The van der Waals surface area contributed by atoms with Crippen LogP contribution in [0.5, 0.6) is 5.75 Å². The van der Waals surface area contributed by atoms with Crippen LogP contribution in [0.15, 0.2) is 79.1 Å². The fourth-order valence-corrected chi connectivity index (χ4v) is 19.4. The van der Waals surface area contributed by atoms with Crippen LogP contribution in [0, 0.1) is 6.42 Å². The molecule has 0 spiro atoms. The van der Waals surface area contributed by atoms with Gasteiger partial charge in [-0.15, -0.1) is 117 Å². The van der Waals surface area contributed by atoms with Gasteiger partial charge >= 0.3 is 153 Å². The molecule has 1 aliphatic carbocycles. The second-order valence-electron chi connectivity index (χ2n) is 17.1. The van der Waals surface area contributed by atoms with E-state index in [1.165, 1.54) is 60.7 Å². The van der Waals surface area contributed by atoms with Gasteiger partial charge in [-0.25, -0.2) is 49.8 Å². The number of allylic oxidation sites excluding steroid dienone is 4. The van der Waals surface area contributed by atoms with Gasteiger partial charge in [0.25, 0.3) is 6.10 Å². The fourth-order valence-electron chi connectivity index (χ4n) is 3.77. The first kappa shape index (κ1) is 122. The van der Waals surface area contributed by atoms with E-state index in [4.69, 9.17) is 9.13 Å². The highest BCUT2D eigenvalue weighted by molar-refractivity contribution is 7.93. The van der Waals surface area contributed by atoms with E-state index in [-0.39, 0.29) is 23.0 Å². The number of nitrogens with one attached hydrogen (secondary N) is 9. The van der Waals surface area contributed by atoms with Crippen molar-refractivity contribution in [3.8, 4) is 5.75 Å². The molecule has 0 aliphatic heterocycles. The molecule has 9 N–H and O–H groups in total. The van der Waals surface area contributed by atoms with Gasteiger partial charge in [-0.1, -0.05) is 50.6 Å². The maximum atomic E-state index is 12.0. The van der Waals surface area contributed by atoms with Crippen molar-refractivity contribution in [1.82, 2.24) is 41.5 Å². The Kier molecular flexibility index (Phi) is 53.6. The second kappa shape index (κ2) is 48.8. The van der Waals surface area contributed by atoms with Crippen molar-refractivity contribution in [3.63, 3.8) is 0 Å². The highest BCUT2D eigenvalue weighted by atomic mass is 32.3. The van der Waals surface area contributed by atoms with E-state index in [0.717, 1.165) is 56.3 Å². The van der Waals surface area contributed by atoms with E-state index in [1.54, 1.807) is 6.07 Å². The predicted molar refractivity (Wildman–Crippen MR) is 341 cm³/mol. The zero-order chi connectivity index (χ0) is 90.8. The molecule has 1 aromatic carbocycles. The summed E-state index contributed by atoms with van der Waals surface area (Å²) in [5.74, 6) is -0.341. The Labute approximate surface area is 613 Å². The Balaban J connectivity index is -0.000000221. The Morgan fingerprint density at radius 1 is 0.450 bits per heavy atom. The van der Waals surface area contributed by atoms with Crippen molar-refractivity contribution >= 4 is 155 Å². The molecule has 1 atom stereocenters. The molecule has 666 valence electrons. The molecule has 0 saturated carbocycles. The summed E-state index contributed by atoms with van der Waals surface area (Å²) in [6, 6.07) is 6.99. The van der Waals surface area contributed by atoms with Gasteiger partial charge in [0, 0.05) is 48.0 Å². The first-order chi connectivity index (χ1) is 48.1. The molecule has 0 saturated heterocycles. The van der Waals surface area contributed by atoms with E-state index in [2.05, 4.69) is 47.6 Å². The molecule has 0 amide bonds. The molecule has 111 heavy (non-hydrogen) atoms. The van der Waals surface area contributed by atoms with Crippen LogP contribution >= 0.6 is 93.5 Å². The minimum atomic E-state index is -6.05. The van der Waals surface area contributed by atoms with Crippen LogP contribution in [-0.4, -0.2) is 130 Å². The average Bonchev–Trinajstić information content (AvgIpc) is 0.805. The van der Waals surface area contributed by atoms with Crippen LogP contribution < -0.4 is 45.7 Å². The summed E-state index contributed by atoms with van der Waals surface area (Å²) in [5.41, 5.74) is 0.597. The zero-order valence-corrected chi connectivity index (χ0v) is 69.8. The van der Waals surface area contributed by atoms with Gasteiger partial charge in [-0.2, -0.15) is 93.9 Å². The van der Waals surface area contributed by atoms with Crippen LogP contribution in [0.4, 0.5) is 102 Å². The van der Waals surface area contributed by atoms with Gasteiger partial charge < -0.3 is 17.5 Å². The van der Waals surface area contributed by atoms with Crippen molar-refractivity contribution in [3.05, 3.63) is 85.5 Å². The van der Waals surface area contributed by atoms with Crippen molar-refractivity contribution in [2.75, 3.05) is 61.2 Å². The third-order valence-electron chi connectivity index (χ3n) is 6.48. The third kappa shape index (κ3) is 91.6. The lowest BCUT2D eigenvalue weighted by Crippen LogP contribution is -2.47. The van der Waals surface area contributed by atoms with E-state index in [0.29, 0.717) is 35.1 Å². The first-order valence-electron chi connectivity index (χ1n) is 24.1. The minimum Gasteiger partial charge on any atom is -0.419 e. The predicted octanol–water partition coefficient (Wildman–Crippen LogP) is 15.3. The quantitative estimate of drug-likeness (QED) is 0.0106. The topological polar surface area (TPSA) is 592 Å². The molecule has 0 aromatic heterocycles. The molecule has 83 heteroatoms. The molecule has 0 heterocycles. The van der Waals surface area contributed by atoms with E-state index < -0.39 is 180 Å². The standard InChI is InChI=1S/C7H7F2NO4PS.C6H6F2NO4PS.C5H8F6NO4PS.C3H6F2NO4PS.C2H7F2NO4P2.C2H6F2NO4PS.C2H7F2NO2P2.CH4F2NO4PS.F4HNO2P2/c1-6-2-4-7(5-3-6)14-16(12,13)10-15(8,9)11;7-14(8,10)9-15(11,12)13-6-4-2-1-3-5-6;1-17(2,13)12-18(14,15)16-3(4(6,7)8)5(9,10)11;1-2-3-10-12(8,9)6-11(4,5)7;1-8-11(7,9-2)5-10(3,4)6;1-2-9-11(7,8)5-10(3,4)6;1-8(2,6)5-9(3,4)7;1-8-9(2,5)4-10(3,6)7;1-8(2,6)5-9(3,4)7/h2-5H,1H2,(H,10,11);1-5H,(H,9,10);3H,1-2H3,(H,12,13);2H,1,3H2,(H,6,7);1-2H3,(H,5,6,7);2H2,1H3,(H,5,6);1-2H3,(H,5,6,7);1H3,(H,4,5);(H,5,6,7)/q-1;;;;;;;;. The van der Waals surface area contributed by atoms with Crippen molar-refractivity contribution in [1.29, 1.82) is 0 Å². The number of halogens is 24. The molecule has 0 fully saturated rings. The van der Waals surface area contributed by atoms with Gasteiger partial charge in [0.05, 0.1) is 19.0 Å². The first-order valence-corrected chi connectivity index (χ1v) is 52.7. The second-order valence-corrected chi connectivity index (χ2v) is 46.2. The highest BCUT2D eigenvalue weighted by Crippen LogP contribution is 2.60. The van der Waals surface area contributed by atoms with Crippen LogP contribution in [-0.2, 0) is 147 Å². The van der Waals surface area contributed by atoms with Gasteiger partial charge in [0.2, 0.25) is 0 Å². The number of alkyl halides is 6. The summed E-state index contributed by atoms with van der Waals surface area (Å²) in [4.78, 5) is 2.10. The summed E-state index contributed by atoms with van der Waals surface area (Å²) in [6.45, 7) is 10.9. The molecule has 0 radical (unpaired) electrons. The number of benzene rings is 1. The Morgan fingerprint density at radius 3 is 1.02 bits per heavy atom. The zero-order valence-electron chi connectivity index (χ0n) is 54.1. The van der Waals surface area contributed by atoms with E-state index >= 15 is 0 Å². The number of rotatable bonds is 32. The van der Waals surface area contributed by atoms with Crippen molar-refractivity contribution < 1.29 is 241 Å². The third-order valence-corrected chi connectivity index (χ3v) is 28.2. The molecule has 2 rings (SSSR count). The number of hydrogen-bond acceptors (Lipinski definition) is 32. The van der Waals surface area contributed by atoms with Crippen molar-refractivity contribution in [2.24, 2.45) is 0 Å². The van der Waals surface area contributed by atoms with E-state index in [1.807, 2.05) is 0 Å². The Hall–Kier alpha value is -2.17. The maximum Gasteiger partial charge on any atom is 0.496 e. The monoisotopic (exact) mass is 2050 g/mol. The average molecular weight is 2050 g/mol. The molecular formula is C28H52F24N9O32P12S6-. The molecule has 1 unspecified atom stereocenters. The molecule has 1 aromatic rings. The van der Waals surface area contributed by atoms with Crippen LogP contribution in [0.1, 0.15) is 6.92 Å². The molecule has 1 aliphatic rings. The normalized spacial score (nSPS) is 14.5. The van der Waals surface area contributed by atoms with Gasteiger partial charge in [0.1, 0.15) is 5.75 Å². The maximum absolute atomic E-state index is 12.0. The van der Waals surface area contributed by atoms with Gasteiger partial charge in [-0.3, -0.25) is 21.9 Å². The van der Waals surface area contributed by atoms with Crippen LogP contribution in [0.3, 0.4) is 0 Å². The van der Waals surface area contributed by atoms with E-state index in [9.17, 15) is 198 Å². The largest absolute Gasteiger partial charge is 0.496 e.